The van der Waals surface area contributed by atoms with Crippen LogP contribution in [0.2, 0.25) is 0 Å². The van der Waals surface area contributed by atoms with Gasteiger partial charge in [0, 0.05) is 149 Å². The first-order valence-electron chi connectivity index (χ1n) is 44.2. The van der Waals surface area contributed by atoms with Crippen LogP contribution in [0.1, 0.15) is 348 Å². The molecule has 8 rings (SSSR count). The lowest BCUT2D eigenvalue weighted by Crippen LogP contribution is -2.76. The first-order valence-corrected chi connectivity index (χ1v) is 44.2. The molecular weight excluding hydrogens is 1410 g/mol. The lowest BCUT2D eigenvalue weighted by molar-refractivity contribution is -0.283. The molecule has 0 saturated carbocycles. The number of nitrogens with one attached hydrogen (secondary N) is 1. The van der Waals surface area contributed by atoms with E-state index in [1.807, 2.05) is 42.7 Å². The van der Waals surface area contributed by atoms with Gasteiger partial charge in [-0.05, 0) is 262 Å². The lowest BCUT2D eigenvalue weighted by atomic mass is 9.73. The maximum absolute atomic E-state index is 6.56. The van der Waals surface area contributed by atoms with Crippen LogP contribution in [0.3, 0.4) is 0 Å². The molecule has 2 aromatic heterocycles. The number of anilines is 5. The van der Waals surface area contributed by atoms with Crippen molar-refractivity contribution in [2.75, 3.05) is 107 Å². The zero-order chi connectivity index (χ0) is 83.6. The molecule has 6 aliphatic heterocycles. The molecule has 0 unspecified atom stereocenters. The van der Waals surface area contributed by atoms with Gasteiger partial charge in [0.25, 0.3) is 0 Å². The van der Waals surface area contributed by atoms with E-state index in [1.54, 1.807) is 0 Å². The van der Waals surface area contributed by atoms with E-state index in [0.29, 0.717) is 10.4 Å². The van der Waals surface area contributed by atoms with Gasteiger partial charge >= 0.3 is 5.95 Å². The van der Waals surface area contributed by atoms with E-state index in [0.717, 1.165) is 223 Å². The van der Waals surface area contributed by atoms with Gasteiger partial charge in [0.2, 0.25) is 29.7 Å². The van der Waals surface area contributed by atoms with Crippen LogP contribution in [0.4, 0.5) is 35.7 Å². The Morgan fingerprint density at radius 1 is 0.295 bits per heavy atom. The van der Waals surface area contributed by atoms with Crippen molar-refractivity contribution in [2.45, 2.75) is 451 Å². The van der Waals surface area contributed by atoms with Gasteiger partial charge < -0.3 is 53.9 Å². The number of quaternary nitrogens is 1. The second-order valence-corrected chi connectivity index (χ2v) is 42.7. The molecule has 2 aromatic rings. The summed E-state index contributed by atoms with van der Waals surface area (Å²) < 4.78 is 0.619. The summed E-state index contributed by atoms with van der Waals surface area (Å²) in [5.74, 6) is 4.69. The van der Waals surface area contributed by atoms with Crippen LogP contribution >= 0.6 is 0 Å². The molecule has 0 aromatic carbocycles. The molecule has 8 heterocycles. The Morgan fingerprint density at radius 3 is 0.732 bits per heavy atom. The first-order chi connectivity index (χ1) is 52.0. The van der Waals surface area contributed by atoms with Crippen molar-refractivity contribution in [1.82, 2.24) is 64.8 Å². The molecule has 24 heteroatoms. The van der Waals surface area contributed by atoms with E-state index >= 15 is 0 Å². The third-order valence-electron chi connectivity index (χ3n) is 26.9. The van der Waals surface area contributed by atoms with Gasteiger partial charge in [-0.3, -0.25) is 4.48 Å². The summed E-state index contributed by atoms with van der Waals surface area (Å²) in [6.45, 7) is 70.9. The molecule has 6 saturated heterocycles. The van der Waals surface area contributed by atoms with E-state index in [4.69, 9.17) is 58.9 Å². The number of rotatable bonds is 37. The second-order valence-electron chi connectivity index (χ2n) is 42.7. The summed E-state index contributed by atoms with van der Waals surface area (Å²) in [4.78, 5) is 84.2. The molecule has 0 radical (unpaired) electrons. The maximum Gasteiger partial charge on any atom is 0.336 e. The second kappa shape index (κ2) is 36.2. The van der Waals surface area contributed by atoms with E-state index in [2.05, 4.69) is 249 Å². The van der Waals surface area contributed by atoms with Crippen molar-refractivity contribution in [1.29, 1.82) is 0 Å². The van der Waals surface area contributed by atoms with E-state index in [1.165, 1.54) is 0 Å². The first kappa shape index (κ1) is 94.0. The third kappa shape index (κ3) is 20.3. The van der Waals surface area contributed by atoms with Gasteiger partial charge in [-0.15, -0.1) is 9.97 Å². The maximum atomic E-state index is 6.56. The fourth-order valence-electron chi connectivity index (χ4n) is 24.5. The number of unbranched alkanes of at least 4 members (excludes halogenated alkanes) is 7. The van der Waals surface area contributed by atoms with Crippen LogP contribution in [0.25, 0.3) is 0 Å². The minimum Gasteiger partial charge on any atom is -0.354 e. The van der Waals surface area contributed by atoms with Crippen LogP contribution < -0.4 is 29.4 Å². The molecular formula is C88H169N18O6+. The molecule has 0 bridgehead atoms. The average molecular weight is 1580 g/mol. The van der Waals surface area contributed by atoms with E-state index in [-0.39, 0.29) is 103 Å². The van der Waals surface area contributed by atoms with Gasteiger partial charge in [0.05, 0.1) is 49.2 Å². The largest absolute Gasteiger partial charge is 0.354 e. The summed E-state index contributed by atoms with van der Waals surface area (Å²) in [5.41, 5.74) is -3.49. The quantitative estimate of drug-likeness (QED) is 0.0498. The summed E-state index contributed by atoms with van der Waals surface area (Å²) in [6.07, 6.45) is 22.8. The zero-order valence-electron chi connectivity index (χ0n) is 78.2. The standard InChI is InChI=1S/C88H169N18O6/c1-35-39-48-96(65-53-77(5,6)100(107-29)78(7,8)54-65)72-90-71(91-73(92-72)97(49-40-36-2)66-55-79(9,10)101(108-30)80(11,12)56-66)89-47-45-43-44-46-52-106(69-61-85(21,22)104(111-33)86(23,24)62-69,70-63-87(25,26)105(112-34)88(27,28)64-70)76-94-74(98(50-41-37-3)67-57-81(13,14)102(109-31)82(15,16)58-67)93-75(95-76)99(51-42-38-4)68-59-83(17,18)103(110-32)84(19,20)60-68/h65-70H,35-64H2,1-34H3,(H,89,90,91,92)/q+1. The summed E-state index contributed by atoms with van der Waals surface area (Å²) in [7, 11) is 11.1. The molecule has 0 atom stereocenters. The van der Waals surface area contributed by atoms with Crippen molar-refractivity contribution < 1.29 is 29.0 Å². The topological polar surface area (TPSA) is 177 Å². The van der Waals surface area contributed by atoms with Crippen molar-refractivity contribution >= 4 is 35.7 Å². The normalized spacial score (nSPS) is 24.7. The number of hydroxylamine groups is 12. The highest BCUT2D eigenvalue weighted by atomic mass is 16.7. The zero-order valence-corrected chi connectivity index (χ0v) is 78.2. The number of nitrogens with zero attached hydrogens (tertiary/aromatic N) is 17. The predicted molar refractivity (Wildman–Crippen MR) is 462 cm³/mol. The molecule has 112 heavy (non-hydrogen) atoms. The van der Waals surface area contributed by atoms with Gasteiger partial charge in [0.15, 0.2) is 0 Å². The number of hydrogen-bond donors (Lipinski definition) is 1. The van der Waals surface area contributed by atoms with E-state index in [9.17, 15) is 0 Å². The monoisotopic (exact) mass is 1570 g/mol. The highest BCUT2D eigenvalue weighted by Crippen LogP contribution is 2.53. The summed E-state index contributed by atoms with van der Waals surface area (Å²) in [6, 6.07) is 0.753. The Bertz CT molecular complexity index is 3000. The smallest absolute Gasteiger partial charge is 0.336 e. The van der Waals surface area contributed by atoms with Gasteiger partial charge in [0.1, 0.15) is 12.1 Å². The molecule has 6 fully saturated rings. The molecule has 1 N–H and O–H groups in total. The summed E-state index contributed by atoms with van der Waals surface area (Å²) in [5, 5.41) is 17.5. The van der Waals surface area contributed by atoms with Crippen LogP contribution in [0, 0.1) is 0 Å². The lowest BCUT2D eigenvalue weighted by Gasteiger charge is -2.62. The Kier molecular flexibility index (Phi) is 30.4. The Balaban J connectivity index is 1.30. The predicted octanol–water partition coefficient (Wildman–Crippen LogP) is 18.0. The average Bonchev–Trinajstić information content (AvgIpc) is 0.713. The highest BCUT2D eigenvalue weighted by Gasteiger charge is 2.63. The van der Waals surface area contributed by atoms with Crippen LogP contribution in [-0.2, 0) is 29.0 Å². The van der Waals surface area contributed by atoms with E-state index < -0.39 is 0 Å². The Hall–Kier alpha value is -3.50. The minimum absolute atomic E-state index is 0.0843. The molecule has 646 valence electrons. The van der Waals surface area contributed by atoms with Gasteiger partial charge in [-0.25, -0.2) is 0 Å². The molecule has 6 aliphatic rings. The third-order valence-corrected chi connectivity index (χ3v) is 26.9. The Morgan fingerprint density at radius 2 is 0.509 bits per heavy atom. The van der Waals surface area contributed by atoms with Crippen molar-refractivity contribution in [3.63, 3.8) is 0 Å². The number of aromatic nitrogens is 6. The number of hydrogen-bond acceptors (Lipinski definition) is 23. The van der Waals surface area contributed by atoms with Crippen molar-refractivity contribution in [2.24, 2.45) is 0 Å². The fraction of sp³-hybridized carbons (Fsp3) is 0.932. The van der Waals surface area contributed by atoms with Crippen molar-refractivity contribution in [3.05, 3.63) is 0 Å². The summed E-state index contributed by atoms with van der Waals surface area (Å²) >= 11 is 0. The van der Waals surface area contributed by atoms with Crippen molar-refractivity contribution in [3.8, 4) is 0 Å². The Labute approximate surface area is 683 Å². The minimum atomic E-state index is -0.356. The molecule has 24 nitrogen and oxygen atoms in total. The fourth-order valence-corrected chi connectivity index (χ4v) is 24.5. The molecule has 0 spiro atoms. The highest BCUT2D eigenvalue weighted by molar-refractivity contribution is 5.50. The molecule has 0 aliphatic carbocycles. The van der Waals surface area contributed by atoms with Crippen LogP contribution in [0.15, 0.2) is 0 Å². The molecule has 0 amide bonds. The number of piperidine rings is 6. The van der Waals surface area contributed by atoms with Gasteiger partial charge in [-0.2, -0.15) is 50.3 Å². The van der Waals surface area contributed by atoms with Crippen LogP contribution in [0.5, 0.6) is 0 Å². The van der Waals surface area contributed by atoms with Crippen LogP contribution in [-0.4, -0.2) is 245 Å². The van der Waals surface area contributed by atoms with Gasteiger partial charge in [-0.1, -0.05) is 59.8 Å². The SMILES string of the molecule is CCCCN(c1nc(NCCCCCC[N+](c2nc(N(CCCC)C3CC(C)(C)N(OC)C(C)(C)C3)nc(N(CCCC)C3CC(C)(C)N(OC)C(C)(C)C3)n2)(C2CC(C)(C)N(OC)C(C)(C)C2)C2CC(C)(C)N(OC)C(C)(C)C2)nc(N(CCCC)C2CC(C)(C)N(OC)C(C)(C)C2)n1)C1CC(C)(C)N(OC)C(C)(C)C1.